The van der Waals surface area contributed by atoms with Crippen LogP contribution >= 0.6 is 0 Å². The average Bonchev–Trinajstić information content (AvgIpc) is 2.10. The van der Waals surface area contributed by atoms with Crippen molar-refractivity contribution in [1.82, 2.24) is 4.90 Å². The molecule has 0 aromatic heterocycles. The number of hydrogen-bond acceptors (Lipinski definition) is 5. The molecular weight excluding hydrogens is 230 g/mol. The van der Waals surface area contributed by atoms with E-state index >= 15 is 0 Å². The maximum absolute atomic E-state index is 10.9. The number of rotatable bonds is 7. The summed E-state index contributed by atoms with van der Waals surface area (Å²) in [5.41, 5.74) is 9.75. The highest BCUT2D eigenvalue weighted by Gasteiger charge is 2.25. The second-order valence-electron chi connectivity index (χ2n) is 4.46. The molecule has 0 spiro atoms. The Morgan fingerprint density at radius 1 is 1.38 bits per heavy atom. The van der Waals surface area contributed by atoms with Crippen LogP contribution < -0.4 is 11.5 Å². The second-order valence-corrected chi connectivity index (χ2v) is 6.72. The summed E-state index contributed by atoms with van der Waals surface area (Å²) in [5, 5.41) is 0. The van der Waals surface area contributed by atoms with E-state index in [1.54, 1.807) is 14.0 Å². The standard InChI is InChI=1S/C9H21N3O3S/c1-9(11,8(10)13)4-5-12(2)6-7-16(3,14)15/h4-7,11H2,1-3H3,(H2,10,13). The highest BCUT2D eigenvalue weighted by Crippen LogP contribution is 2.05. The molecule has 0 aliphatic heterocycles. The highest BCUT2D eigenvalue weighted by molar-refractivity contribution is 7.90. The number of amides is 1. The monoisotopic (exact) mass is 251 g/mol. The van der Waals surface area contributed by atoms with Crippen molar-refractivity contribution < 1.29 is 13.2 Å². The Labute approximate surface area is 96.9 Å². The first-order chi connectivity index (χ1) is 7.04. The Morgan fingerprint density at radius 2 is 1.88 bits per heavy atom. The van der Waals surface area contributed by atoms with E-state index in [0.717, 1.165) is 0 Å². The van der Waals surface area contributed by atoms with Crippen LogP contribution in [0.1, 0.15) is 13.3 Å². The average molecular weight is 251 g/mol. The molecule has 96 valence electrons. The van der Waals surface area contributed by atoms with Gasteiger partial charge in [-0.05, 0) is 20.4 Å². The van der Waals surface area contributed by atoms with Gasteiger partial charge in [-0.15, -0.1) is 0 Å². The predicted octanol–water partition coefficient (Wildman–Crippen LogP) is -1.44. The Kier molecular flexibility index (Phi) is 5.37. The molecule has 1 amide bonds. The molecule has 4 N–H and O–H groups in total. The lowest BCUT2D eigenvalue weighted by molar-refractivity contribution is -0.122. The molecule has 7 heteroatoms. The zero-order valence-electron chi connectivity index (χ0n) is 10.1. The fourth-order valence-corrected chi connectivity index (χ4v) is 1.62. The van der Waals surface area contributed by atoms with Gasteiger partial charge in [0.05, 0.1) is 11.3 Å². The van der Waals surface area contributed by atoms with E-state index < -0.39 is 21.3 Å². The minimum atomic E-state index is -2.95. The second kappa shape index (κ2) is 5.60. The number of hydrogen-bond donors (Lipinski definition) is 2. The topological polar surface area (TPSA) is 106 Å². The smallest absolute Gasteiger partial charge is 0.237 e. The first-order valence-corrected chi connectivity index (χ1v) is 7.06. The number of sulfone groups is 1. The van der Waals surface area contributed by atoms with Gasteiger partial charge in [-0.2, -0.15) is 0 Å². The quantitative estimate of drug-likeness (QED) is 0.576. The number of carbonyl (C=O) groups excluding carboxylic acids is 1. The Balaban J connectivity index is 4.00. The summed E-state index contributed by atoms with van der Waals surface area (Å²) in [7, 11) is -1.17. The molecule has 0 aliphatic carbocycles. The van der Waals surface area contributed by atoms with Gasteiger partial charge in [0, 0.05) is 19.3 Å². The van der Waals surface area contributed by atoms with Crippen LogP contribution in [0.5, 0.6) is 0 Å². The first kappa shape index (κ1) is 15.3. The molecule has 0 saturated carbocycles. The summed E-state index contributed by atoms with van der Waals surface area (Å²) in [5.74, 6) is -0.453. The van der Waals surface area contributed by atoms with Gasteiger partial charge >= 0.3 is 0 Å². The van der Waals surface area contributed by atoms with Crippen molar-refractivity contribution in [1.29, 1.82) is 0 Å². The van der Waals surface area contributed by atoms with Crippen molar-refractivity contribution in [3.63, 3.8) is 0 Å². The van der Waals surface area contributed by atoms with E-state index in [9.17, 15) is 13.2 Å². The van der Waals surface area contributed by atoms with E-state index in [1.165, 1.54) is 6.26 Å². The highest BCUT2D eigenvalue weighted by atomic mass is 32.2. The number of carbonyl (C=O) groups is 1. The number of nitrogens with two attached hydrogens (primary N) is 2. The Bertz CT molecular complexity index is 338. The van der Waals surface area contributed by atoms with Crippen molar-refractivity contribution >= 4 is 15.7 Å². The molecule has 16 heavy (non-hydrogen) atoms. The molecule has 0 radical (unpaired) electrons. The fraction of sp³-hybridized carbons (Fsp3) is 0.889. The molecule has 0 bridgehead atoms. The van der Waals surface area contributed by atoms with Gasteiger partial charge in [-0.3, -0.25) is 4.79 Å². The Morgan fingerprint density at radius 3 is 2.25 bits per heavy atom. The van der Waals surface area contributed by atoms with E-state index in [-0.39, 0.29) is 5.75 Å². The van der Waals surface area contributed by atoms with Gasteiger partial charge in [-0.25, -0.2) is 8.42 Å². The van der Waals surface area contributed by atoms with Gasteiger partial charge in [0.15, 0.2) is 0 Å². The first-order valence-electron chi connectivity index (χ1n) is 4.99. The van der Waals surface area contributed by atoms with Crippen LogP contribution in [0.4, 0.5) is 0 Å². The molecule has 0 aliphatic rings. The molecule has 0 aromatic carbocycles. The zero-order valence-corrected chi connectivity index (χ0v) is 10.9. The van der Waals surface area contributed by atoms with Crippen molar-refractivity contribution in [3.8, 4) is 0 Å². The fourth-order valence-electron chi connectivity index (χ4n) is 0.980. The van der Waals surface area contributed by atoms with E-state index in [4.69, 9.17) is 11.5 Å². The SMILES string of the molecule is CN(CCC(C)(N)C(N)=O)CCS(C)(=O)=O. The van der Waals surface area contributed by atoms with Crippen molar-refractivity contribution in [2.24, 2.45) is 11.5 Å². The van der Waals surface area contributed by atoms with Crippen LogP contribution in [0.3, 0.4) is 0 Å². The third-order valence-corrected chi connectivity index (χ3v) is 3.34. The molecule has 1 atom stereocenters. The molecule has 0 saturated heterocycles. The van der Waals surface area contributed by atoms with Crippen LogP contribution in [0.2, 0.25) is 0 Å². The van der Waals surface area contributed by atoms with Crippen molar-refractivity contribution in [2.45, 2.75) is 18.9 Å². The molecule has 0 heterocycles. The van der Waals surface area contributed by atoms with Crippen LogP contribution in [0, 0.1) is 0 Å². The molecule has 6 nitrogen and oxygen atoms in total. The van der Waals surface area contributed by atoms with Gasteiger partial charge in [0.25, 0.3) is 0 Å². The van der Waals surface area contributed by atoms with Crippen molar-refractivity contribution in [3.05, 3.63) is 0 Å². The summed E-state index contributed by atoms with van der Waals surface area (Å²) >= 11 is 0. The largest absolute Gasteiger partial charge is 0.368 e. The van der Waals surface area contributed by atoms with Gasteiger partial charge in [0.2, 0.25) is 5.91 Å². The molecule has 1 unspecified atom stereocenters. The van der Waals surface area contributed by atoms with E-state index in [1.807, 2.05) is 4.90 Å². The maximum Gasteiger partial charge on any atom is 0.237 e. The third-order valence-electron chi connectivity index (χ3n) is 2.42. The van der Waals surface area contributed by atoms with Crippen molar-refractivity contribution in [2.75, 3.05) is 32.1 Å². The van der Waals surface area contributed by atoms with Crippen LogP contribution in [0.15, 0.2) is 0 Å². The summed E-state index contributed by atoms with van der Waals surface area (Å²) in [6.07, 6.45) is 1.60. The number of primary amides is 1. The van der Waals surface area contributed by atoms with E-state index in [0.29, 0.717) is 19.5 Å². The predicted molar refractivity (Wildman–Crippen MR) is 63.6 cm³/mol. The molecular formula is C9H21N3O3S. The van der Waals surface area contributed by atoms with Gasteiger partial charge < -0.3 is 16.4 Å². The maximum atomic E-state index is 10.9. The summed E-state index contributed by atoms with van der Waals surface area (Å²) < 4.78 is 21.8. The number of nitrogens with zero attached hydrogens (tertiary/aromatic N) is 1. The summed E-state index contributed by atoms with van der Waals surface area (Å²) in [4.78, 5) is 12.7. The van der Waals surface area contributed by atoms with E-state index in [2.05, 4.69) is 0 Å². The van der Waals surface area contributed by atoms with Gasteiger partial charge in [0.1, 0.15) is 9.84 Å². The van der Waals surface area contributed by atoms with Crippen LogP contribution in [-0.4, -0.2) is 56.9 Å². The van der Waals surface area contributed by atoms with Crippen LogP contribution in [0.25, 0.3) is 0 Å². The lowest BCUT2D eigenvalue weighted by Crippen LogP contribution is -2.51. The van der Waals surface area contributed by atoms with Gasteiger partial charge in [-0.1, -0.05) is 0 Å². The molecule has 0 fully saturated rings. The molecule has 0 rings (SSSR count). The minimum Gasteiger partial charge on any atom is -0.368 e. The minimum absolute atomic E-state index is 0.0986. The van der Waals surface area contributed by atoms with Crippen LogP contribution in [-0.2, 0) is 14.6 Å². The Hall–Kier alpha value is -0.660. The third kappa shape index (κ3) is 6.76. The summed E-state index contributed by atoms with van der Waals surface area (Å²) in [6, 6.07) is 0. The zero-order chi connectivity index (χ0) is 13.0. The lowest BCUT2D eigenvalue weighted by atomic mass is 9.98. The molecule has 0 aromatic rings. The summed E-state index contributed by atoms with van der Waals surface area (Å²) in [6.45, 7) is 2.53. The normalized spacial score (nSPS) is 16.1. The lowest BCUT2D eigenvalue weighted by Gasteiger charge is -2.24.